The summed E-state index contributed by atoms with van der Waals surface area (Å²) < 4.78 is 40.6. The van der Waals surface area contributed by atoms with Gasteiger partial charge in [0.25, 0.3) is 5.91 Å². The van der Waals surface area contributed by atoms with Crippen molar-refractivity contribution in [2.45, 2.75) is 31.3 Å². The van der Waals surface area contributed by atoms with Gasteiger partial charge in [0.2, 0.25) is 10.0 Å². The minimum Gasteiger partial charge on any atom is -0.289 e. The molecular formula is C18H20ClFN2O4S. The molecular weight excluding hydrogens is 395 g/mol. The zero-order valence-corrected chi connectivity index (χ0v) is 16.3. The Morgan fingerprint density at radius 1 is 1.15 bits per heavy atom. The Balaban J connectivity index is 2.54. The van der Waals surface area contributed by atoms with Crippen molar-refractivity contribution >= 4 is 27.5 Å². The molecule has 0 aliphatic rings. The quantitative estimate of drug-likeness (QED) is 0.538. The number of hydroxylamine groups is 1. The van der Waals surface area contributed by atoms with Crippen molar-refractivity contribution in [3.63, 3.8) is 0 Å². The van der Waals surface area contributed by atoms with E-state index in [1.807, 2.05) is 0 Å². The lowest BCUT2D eigenvalue weighted by Crippen LogP contribution is -2.51. The molecule has 0 spiro atoms. The number of sulfonamides is 1. The van der Waals surface area contributed by atoms with Crippen molar-refractivity contribution in [1.29, 1.82) is 0 Å². The van der Waals surface area contributed by atoms with Crippen LogP contribution in [0.25, 0.3) is 0 Å². The Bertz CT molecular complexity index is 887. The topological polar surface area (TPSA) is 86.7 Å². The van der Waals surface area contributed by atoms with E-state index >= 15 is 0 Å². The summed E-state index contributed by atoms with van der Waals surface area (Å²) in [7, 11) is -4.16. The van der Waals surface area contributed by atoms with Gasteiger partial charge in [-0.05, 0) is 47.9 Å². The number of rotatable bonds is 7. The van der Waals surface area contributed by atoms with Crippen LogP contribution in [0.15, 0.2) is 53.4 Å². The molecule has 2 N–H and O–H groups in total. The lowest BCUT2D eigenvalue weighted by molar-refractivity contribution is -0.134. The van der Waals surface area contributed by atoms with E-state index in [1.165, 1.54) is 5.48 Å². The van der Waals surface area contributed by atoms with Crippen molar-refractivity contribution in [3.8, 4) is 0 Å². The largest absolute Gasteiger partial charge is 0.289 e. The van der Waals surface area contributed by atoms with Gasteiger partial charge >= 0.3 is 0 Å². The van der Waals surface area contributed by atoms with Crippen LogP contribution in [0.1, 0.15) is 19.4 Å². The molecule has 2 aromatic rings. The fourth-order valence-corrected chi connectivity index (χ4v) is 4.51. The number of nitrogens with zero attached hydrogens (tertiary/aromatic N) is 1. The minimum atomic E-state index is -4.16. The monoisotopic (exact) mass is 414 g/mol. The summed E-state index contributed by atoms with van der Waals surface area (Å²) in [6.45, 7) is 3.19. The van der Waals surface area contributed by atoms with Crippen molar-refractivity contribution < 1.29 is 22.8 Å². The maximum Gasteiger partial charge on any atom is 0.262 e. The Labute approximate surface area is 162 Å². The number of hydrogen-bond donors (Lipinski definition) is 2. The first-order valence-corrected chi connectivity index (χ1v) is 9.94. The highest BCUT2D eigenvalue weighted by molar-refractivity contribution is 7.89. The van der Waals surface area contributed by atoms with Gasteiger partial charge in [-0.25, -0.2) is 18.3 Å². The summed E-state index contributed by atoms with van der Waals surface area (Å²) in [5, 5.41) is 9.58. The molecule has 0 saturated carbocycles. The Kier molecular flexibility index (Phi) is 6.94. The van der Waals surface area contributed by atoms with Crippen LogP contribution < -0.4 is 5.48 Å². The number of nitrogens with one attached hydrogen (secondary N) is 1. The van der Waals surface area contributed by atoms with Crippen LogP contribution in [0.4, 0.5) is 4.39 Å². The maximum atomic E-state index is 13.2. The molecule has 0 aliphatic heterocycles. The number of amides is 1. The lowest BCUT2D eigenvalue weighted by Gasteiger charge is -2.32. The van der Waals surface area contributed by atoms with E-state index in [-0.39, 0.29) is 11.4 Å². The van der Waals surface area contributed by atoms with Gasteiger partial charge < -0.3 is 0 Å². The van der Waals surface area contributed by atoms with Gasteiger partial charge in [-0.3, -0.25) is 10.0 Å². The van der Waals surface area contributed by atoms with Gasteiger partial charge in [0.15, 0.2) is 0 Å². The third kappa shape index (κ3) is 5.04. The van der Waals surface area contributed by atoms with E-state index in [2.05, 4.69) is 0 Å². The van der Waals surface area contributed by atoms with E-state index < -0.39 is 33.7 Å². The molecule has 0 saturated heterocycles. The standard InChI is InChI=1S/C18H20ClFN2O4S/c1-12(2)17(18(23)21-24)22(11-13-3-5-14(19)6-4-13)27(25,26)16-9-7-15(20)8-10-16/h3-10,12,17,24H,11H2,1-2H3,(H,21,23)/t17-/m0/s1. The highest BCUT2D eigenvalue weighted by Crippen LogP contribution is 2.25. The Morgan fingerprint density at radius 2 is 1.70 bits per heavy atom. The fourth-order valence-electron chi connectivity index (χ4n) is 2.68. The average Bonchev–Trinajstić information content (AvgIpc) is 2.62. The highest BCUT2D eigenvalue weighted by Gasteiger charge is 2.38. The molecule has 0 radical (unpaired) electrons. The van der Waals surface area contributed by atoms with E-state index in [4.69, 9.17) is 16.8 Å². The number of benzene rings is 2. The Morgan fingerprint density at radius 3 is 2.19 bits per heavy atom. The molecule has 2 aromatic carbocycles. The zero-order valence-electron chi connectivity index (χ0n) is 14.8. The molecule has 2 rings (SSSR count). The fraction of sp³-hybridized carbons (Fsp3) is 0.278. The van der Waals surface area contributed by atoms with Gasteiger partial charge in [0.1, 0.15) is 11.9 Å². The normalized spacial score (nSPS) is 13.0. The highest BCUT2D eigenvalue weighted by atomic mass is 35.5. The molecule has 0 heterocycles. The molecule has 1 amide bonds. The number of carbonyl (C=O) groups excluding carboxylic acids is 1. The zero-order chi connectivity index (χ0) is 20.2. The van der Waals surface area contributed by atoms with Gasteiger partial charge in [-0.15, -0.1) is 0 Å². The third-order valence-corrected chi connectivity index (χ3v) is 6.09. The maximum absolute atomic E-state index is 13.2. The van der Waals surface area contributed by atoms with Crippen LogP contribution in [0.3, 0.4) is 0 Å². The summed E-state index contributed by atoms with van der Waals surface area (Å²) in [4.78, 5) is 12.1. The van der Waals surface area contributed by atoms with E-state index in [0.29, 0.717) is 10.6 Å². The first-order chi connectivity index (χ1) is 12.7. The number of carbonyl (C=O) groups is 1. The van der Waals surface area contributed by atoms with Crippen LogP contribution in [-0.2, 0) is 21.4 Å². The van der Waals surface area contributed by atoms with Gasteiger partial charge in [-0.2, -0.15) is 4.31 Å². The van der Waals surface area contributed by atoms with Crippen molar-refractivity contribution in [1.82, 2.24) is 9.79 Å². The van der Waals surface area contributed by atoms with E-state index in [9.17, 15) is 17.6 Å². The van der Waals surface area contributed by atoms with Gasteiger partial charge in [-0.1, -0.05) is 37.6 Å². The summed E-state index contributed by atoms with van der Waals surface area (Å²) >= 11 is 5.87. The number of halogens is 2. The van der Waals surface area contributed by atoms with Crippen LogP contribution >= 0.6 is 11.6 Å². The molecule has 9 heteroatoms. The lowest BCUT2D eigenvalue weighted by atomic mass is 10.0. The van der Waals surface area contributed by atoms with E-state index in [1.54, 1.807) is 38.1 Å². The van der Waals surface area contributed by atoms with Crippen molar-refractivity contribution in [3.05, 3.63) is 64.9 Å². The van der Waals surface area contributed by atoms with Crippen molar-refractivity contribution in [2.24, 2.45) is 5.92 Å². The van der Waals surface area contributed by atoms with Crippen LogP contribution in [-0.4, -0.2) is 29.9 Å². The summed E-state index contributed by atoms with van der Waals surface area (Å²) in [6, 6.07) is 9.65. The SMILES string of the molecule is CC(C)[C@@H](C(=O)NO)N(Cc1ccc(Cl)cc1)S(=O)(=O)c1ccc(F)cc1. The predicted molar refractivity (Wildman–Crippen MR) is 99.1 cm³/mol. The van der Waals surface area contributed by atoms with Crippen LogP contribution in [0.2, 0.25) is 5.02 Å². The molecule has 6 nitrogen and oxygen atoms in total. The summed E-state index contributed by atoms with van der Waals surface area (Å²) in [5.74, 6) is -1.88. The van der Waals surface area contributed by atoms with Crippen LogP contribution in [0, 0.1) is 11.7 Å². The Hall–Kier alpha value is -2.00. The average molecular weight is 415 g/mol. The molecule has 0 aromatic heterocycles. The van der Waals surface area contributed by atoms with E-state index in [0.717, 1.165) is 28.6 Å². The molecule has 27 heavy (non-hydrogen) atoms. The number of hydrogen-bond acceptors (Lipinski definition) is 4. The first kappa shape index (κ1) is 21.3. The first-order valence-electron chi connectivity index (χ1n) is 8.12. The molecule has 0 bridgehead atoms. The minimum absolute atomic E-state index is 0.132. The summed E-state index contributed by atoms with van der Waals surface area (Å²) in [6.07, 6.45) is 0. The molecule has 0 fully saturated rings. The van der Waals surface area contributed by atoms with Gasteiger partial charge in [0.05, 0.1) is 4.90 Å². The smallest absolute Gasteiger partial charge is 0.262 e. The molecule has 1 atom stereocenters. The second-order valence-corrected chi connectivity index (χ2v) is 8.62. The van der Waals surface area contributed by atoms with Crippen LogP contribution in [0.5, 0.6) is 0 Å². The molecule has 0 unspecified atom stereocenters. The predicted octanol–water partition coefficient (Wildman–Crippen LogP) is 3.20. The molecule has 146 valence electrons. The molecule has 0 aliphatic carbocycles. The second-order valence-electron chi connectivity index (χ2n) is 6.30. The van der Waals surface area contributed by atoms with Gasteiger partial charge in [0, 0.05) is 11.6 Å². The second kappa shape index (κ2) is 8.79. The summed E-state index contributed by atoms with van der Waals surface area (Å²) in [5.41, 5.74) is 2.13. The third-order valence-electron chi connectivity index (χ3n) is 3.99. The van der Waals surface area contributed by atoms with Crippen molar-refractivity contribution in [2.75, 3.05) is 0 Å².